The fraction of sp³-hybridized carbons (Fsp3) is 0.353. The molecule has 3 rings (SSSR count). The highest BCUT2D eigenvalue weighted by Crippen LogP contribution is 2.20. The maximum atomic E-state index is 12.0. The van der Waals surface area contributed by atoms with Crippen molar-refractivity contribution in [3.63, 3.8) is 0 Å². The minimum absolute atomic E-state index is 0.151. The summed E-state index contributed by atoms with van der Waals surface area (Å²) in [4.78, 5) is 24.0. The molecule has 0 aliphatic carbocycles. The maximum absolute atomic E-state index is 12.0. The van der Waals surface area contributed by atoms with Gasteiger partial charge in [-0.2, -0.15) is 5.10 Å². The Hall–Kier alpha value is -2.38. The molecule has 2 aromatic rings. The lowest BCUT2D eigenvalue weighted by Gasteiger charge is -2.08. The largest absolute Gasteiger partial charge is 0.376 e. The SMILES string of the molecule is Cc1ccc(NC(=O)C(=O)Nc2cnn(CC3CCCO3)c2)cc1Cl. The summed E-state index contributed by atoms with van der Waals surface area (Å²) in [6, 6.07) is 5.05. The van der Waals surface area contributed by atoms with E-state index in [0.29, 0.717) is 22.9 Å². The van der Waals surface area contributed by atoms with Gasteiger partial charge in [-0.05, 0) is 37.5 Å². The van der Waals surface area contributed by atoms with Crippen LogP contribution in [0.5, 0.6) is 0 Å². The highest BCUT2D eigenvalue weighted by atomic mass is 35.5. The van der Waals surface area contributed by atoms with Crippen LogP contribution in [0.2, 0.25) is 5.02 Å². The Morgan fingerprint density at radius 1 is 1.32 bits per heavy atom. The molecule has 8 heteroatoms. The number of aryl methyl sites for hydroxylation is 1. The number of hydrogen-bond donors (Lipinski definition) is 2. The summed E-state index contributed by atoms with van der Waals surface area (Å²) in [6.45, 7) is 3.26. The zero-order valence-corrected chi connectivity index (χ0v) is 14.5. The number of carbonyl (C=O) groups excluding carboxylic acids is 2. The number of rotatable bonds is 4. The number of aromatic nitrogens is 2. The molecule has 0 saturated carbocycles. The number of nitrogens with zero attached hydrogens (tertiary/aromatic N) is 2. The van der Waals surface area contributed by atoms with Crippen LogP contribution in [0.15, 0.2) is 30.6 Å². The van der Waals surface area contributed by atoms with E-state index in [1.54, 1.807) is 29.1 Å². The smallest absolute Gasteiger partial charge is 0.314 e. The van der Waals surface area contributed by atoms with Crippen LogP contribution in [0.3, 0.4) is 0 Å². The molecule has 1 saturated heterocycles. The summed E-state index contributed by atoms with van der Waals surface area (Å²) in [5.74, 6) is -1.54. The Morgan fingerprint density at radius 2 is 2.08 bits per heavy atom. The van der Waals surface area contributed by atoms with Crippen molar-refractivity contribution in [3.8, 4) is 0 Å². The third kappa shape index (κ3) is 4.58. The van der Waals surface area contributed by atoms with Crippen LogP contribution in [0, 0.1) is 6.92 Å². The second-order valence-corrected chi connectivity index (χ2v) is 6.37. The Kier molecular flexibility index (Phi) is 5.35. The minimum atomic E-state index is -0.771. The molecular weight excluding hydrogens is 344 g/mol. The van der Waals surface area contributed by atoms with Gasteiger partial charge in [0.05, 0.1) is 24.5 Å². The van der Waals surface area contributed by atoms with E-state index in [2.05, 4.69) is 15.7 Å². The van der Waals surface area contributed by atoms with Gasteiger partial charge in [0.25, 0.3) is 0 Å². The molecule has 1 atom stereocenters. The first-order valence-electron chi connectivity index (χ1n) is 8.04. The summed E-state index contributed by atoms with van der Waals surface area (Å²) >= 11 is 6.01. The van der Waals surface area contributed by atoms with Crippen LogP contribution in [0.25, 0.3) is 0 Å². The molecule has 1 aliphatic rings. The average molecular weight is 363 g/mol. The molecular formula is C17H19ClN4O3. The van der Waals surface area contributed by atoms with Crippen LogP contribution in [0.4, 0.5) is 11.4 Å². The number of ether oxygens (including phenoxy) is 1. The predicted octanol–water partition coefficient (Wildman–Crippen LogP) is 2.60. The highest BCUT2D eigenvalue weighted by Gasteiger charge is 2.18. The molecule has 1 fully saturated rings. The molecule has 25 heavy (non-hydrogen) atoms. The second-order valence-electron chi connectivity index (χ2n) is 5.96. The van der Waals surface area contributed by atoms with Crippen molar-refractivity contribution < 1.29 is 14.3 Å². The van der Waals surface area contributed by atoms with Crippen LogP contribution in [-0.4, -0.2) is 34.3 Å². The lowest BCUT2D eigenvalue weighted by Crippen LogP contribution is -2.29. The van der Waals surface area contributed by atoms with Gasteiger partial charge in [0, 0.05) is 23.5 Å². The second kappa shape index (κ2) is 7.67. The topological polar surface area (TPSA) is 85.3 Å². The zero-order valence-electron chi connectivity index (χ0n) is 13.8. The Labute approximate surface area is 150 Å². The predicted molar refractivity (Wildman–Crippen MR) is 94.6 cm³/mol. The van der Waals surface area contributed by atoms with E-state index < -0.39 is 11.8 Å². The first-order chi connectivity index (χ1) is 12.0. The molecule has 2 amide bonds. The lowest BCUT2D eigenvalue weighted by atomic mass is 10.2. The summed E-state index contributed by atoms with van der Waals surface area (Å²) in [5, 5.41) is 9.73. The van der Waals surface area contributed by atoms with Gasteiger partial charge in [-0.25, -0.2) is 0 Å². The van der Waals surface area contributed by atoms with Crippen molar-refractivity contribution in [2.45, 2.75) is 32.4 Å². The van der Waals surface area contributed by atoms with Crippen molar-refractivity contribution in [1.29, 1.82) is 0 Å². The molecule has 2 N–H and O–H groups in total. The third-order valence-electron chi connectivity index (χ3n) is 3.94. The van der Waals surface area contributed by atoms with Gasteiger partial charge in [0.15, 0.2) is 0 Å². The zero-order chi connectivity index (χ0) is 17.8. The minimum Gasteiger partial charge on any atom is -0.376 e. The van der Waals surface area contributed by atoms with Gasteiger partial charge >= 0.3 is 11.8 Å². The molecule has 2 heterocycles. The average Bonchev–Trinajstić information content (AvgIpc) is 3.23. The fourth-order valence-electron chi connectivity index (χ4n) is 2.57. The lowest BCUT2D eigenvalue weighted by molar-refractivity contribution is -0.132. The molecule has 0 radical (unpaired) electrons. The van der Waals surface area contributed by atoms with Gasteiger partial charge in [-0.1, -0.05) is 17.7 Å². The van der Waals surface area contributed by atoms with E-state index in [9.17, 15) is 9.59 Å². The Bertz CT molecular complexity index is 784. The summed E-state index contributed by atoms with van der Waals surface area (Å²) < 4.78 is 7.24. The van der Waals surface area contributed by atoms with Gasteiger partial charge in [0.2, 0.25) is 0 Å². The summed E-state index contributed by atoms with van der Waals surface area (Å²) in [6.07, 6.45) is 5.39. The van der Waals surface area contributed by atoms with Gasteiger partial charge in [-0.15, -0.1) is 0 Å². The Balaban J connectivity index is 1.55. The van der Waals surface area contributed by atoms with E-state index in [1.165, 1.54) is 6.20 Å². The molecule has 1 aromatic heterocycles. The number of anilines is 2. The fourth-order valence-corrected chi connectivity index (χ4v) is 2.75. The number of carbonyl (C=O) groups is 2. The molecule has 0 spiro atoms. The standard InChI is InChI=1S/C17H19ClN4O3/c1-11-4-5-12(7-15(11)18)20-16(23)17(24)21-13-8-19-22(9-13)10-14-3-2-6-25-14/h4-5,7-9,14H,2-3,6,10H2,1H3,(H,20,23)(H,21,24). The quantitative estimate of drug-likeness (QED) is 0.819. The van der Waals surface area contributed by atoms with Crippen LogP contribution >= 0.6 is 11.6 Å². The van der Waals surface area contributed by atoms with Crippen molar-refractivity contribution in [2.24, 2.45) is 0 Å². The third-order valence-corrected chi connectivity index (χ3v) is 4.35. The van der Waals surface area contributed by atoms with E-state index in [0.717, 1.165) is 25.0 Å². The van der Waals surface area contributed by atoms with Crippen LogP contribution in [-0.2, 0) is 20.9 Å². The first kappa shape index (κ1) is 17.4. The number of halogens is 1. The number of amides is 2. The van der Waals surface area contributed by atoms with Crippen molar-refractivity contribution in [1.82, 2.24) is 9.78 Å². The number of hydrogen-bond acceptors (Lipinski definition) is 4. The summed E-state index contributed by atoms with van der Waals surface area (Å²) in [7, 11) is 0. The summed E-state index contributed by atoms with van der Waals surface area (Å²) in [5.41, 5.74) is 1.81. The van der Waals surface area contributed by atoms with Gasteiger partial charge < -0.3 is 15.4 Å². The number of nitrogens with one attached hydrogen (secondary N) is 2. The molecule has 1 aliphatic heterocycles. The van der Waals surface area contributed by atoms with E-state index in [4.69, 9.17) is 16.3 Å². The van der Waals surface area contributed by atoms with Crippen LogP contribution < -0.4 is 10.6 Å². The first-order valence-corrected chi connectivity index (χ1v) is 8.41. The van der Waals surface area contributed by atoms with E-state index in [-0.39, 0.29) is 6.10 Å². The normalized spacial score (nSPS) is 16.6. The van der Waals surface area contributed by atoms with Crippen molar-refractivity contribution in [3.05, 3.63) is 41.2 Å². The van der Waals surface area contributed by atoms with Crippen molar-refractivity contribution in [2.75, 3.05) is 17.2 Å². The molecule has 1 aromatic carbocycles. The van der Waals surface area contributed by atoms with E-state index >= 15 is 0 Å². The number of benzene rings is 1. The maximum Gasteiger partial charge on any atom is 0.314 e. The van der Waals surface area contributed by atoms with Gasteiger partial charge in [0.1, 0.15) is 0 Å². The molecule has 132 valence electrons. The van der Waals surface area contributed by atoms with Crippen LogP contribution in [0.1, 0.15) is 18.4 Å². The molecule has 7 nitrogen and oxygen atoms in total. The monoisotopic (exact) mass is 362 g/mol. The van der Waals surface area contributed by atoms with E-state index in [1.807, 2.05) is 6.92 Å². The molecule has 0 bridgehead atoms. The Morgan fingerprint density at radius 3 is 2.76 bits per heavy atom. The highest BCUT2D eigenvalue weighted by molar-refractivity contribution is 6.43. The van der Waals surface area contributed by atoms with Gasteiger partial charge in [-0.3, -0.25) is 14.3 Å². The van der Waals surface area contributed by atoms with Crippen molar-refractivity contribution >= 4 is 34.8 Å². The molecule has 1 unspecified atom stereocenters.